The Morgan fingerprint density at radius 3 is 0.889 bits per heavy atom. The predicted molar refractivity (Wildman–Crippen MR) is 74.6 cm³/mol. The van der Waals surface area contributed by atoms with Crippen LogP contribution < -0.4 is 0 Å². The van der Waals surface area contributed by atoms with Crippen LogP contribution >= 0.6 is 0 Å². The molecular formula is C14H30N2O2. The van der Waals surface area contributed by atoms with E-state index in [-0.39, 0.29) is 10.8 Å². The van der Waals surface area contributed by atoms with Gasteiger partial charge in [0, 0.05) is 25.0 Å². The summed E-state index contributed by atoms with van der Waals surface area (Å²) in [4.78, 5) is 0. The molecule has 108 valence electrons. The number of methoxy groups -OCH3 is 2. The fraction of sp³-hybridized carbons (Fsp3) is 1.00. The average molecular weight is 258 g/mol. The molecule has 0 aromatic carbocycles. The second-order valence-electron chi connectivity index (χ2n) is 7.07. The Hall–Kier alpha value is -0.480. The fourth-order valence-corrected chi connectivity index (χ4v) is 1.18. The van der Waals surface area contributed by atoms with E-state index in [0.717, 1.165) is 0 Å². The van der Waals surface area contributed by atoms with Crippen LogP contribution in [0.3, 0.4) is 0 Å². The van der Waals surface area contributed by atoms with Gasteiger partial charge in [-0.2, -0.15) is 10.2 Å². The maximum Gasteiger partial charge on any atom is 0.180 e. The highest BCUT2D eigenvalue weighted by Crippen LogP contribution is 2.39. The molecule has 0 heterocycles. The van der Waals surface area contributed by atoms with E-state index in [1.165, 1.54) is 0 Å². The lowest BCUT2D eigenvalue weighted by molar-refractivity contribution is -0.105. The minimum absolute atomic E-state index is 0.141. The molecule has 0 spiro atoms. The zero-order chi connectivity index (χ0) is 14.8. The molecule has 0 amide bonds. The smallest absolute Gasteiger partial charge is 0.180 e. The zero-order valence-electron chi connectivity index (χ0n) is 13.7. The second-order valence-corrected chi connectivity index (χ2v) is 7.07. The molecule has 4 nitrogen and oxygen atoms in total. The standard InChI is InChI=1S/C14H30N2O2/c1-11(2,3)13(7,17-9)15-16-14(8,18-10)12(4,5)6/h1-10H3. The van der Waals surface area contributed by atoms with Gasteiger partial charge in [0.25, 0.3) is 0 Å². The third-order valence-electron chi connectivity index (χ3n) is 4.01. The summed E-state index contributed by atoms with van der Waals surface area (Å²) in [5.41, 5.74) is -1.62. The Kier molecular flexibility index (Phi) is 5.11. The molecule has 0 saturated carbocycles. The molecule has 0 bridgehead atoms. The minimum atomic E-state index is -0.669. The largest absolute Gasteiger partial charge is 0.355 e. The molecule has 0 N–H and O–H groups in total. The monoisotopic (exact) mass is 258 g/mol. The normalized spacial score (nSPS) is 20.8. The molecule has 0 aliphatic carbocycles. The van der Waals surface area contributed by atoms with Crippen molar-refractivity contribution in [1.29, 1.82) is 0 Å². The van der Waals surface area contributed by atoms with Crippen LogP contribution in [0.15, 0.2) is 10.2 Å². The Balaban J connectivity index is 5.35. The molecule has 2 atom stereocenters. The van der Waals surface area contributed by atoms with Gasteiger partial charge in [-0.25, -0.2) is 0 Å². The van der Waals surface area contributed by atoms with Crippen LogP contribution in [0, 0.1) is 10.8 Å². The summed E-state index contributed by atoms with van der Waals surface area (Å²) >= 11 is 0. The van der Waals surface area contributed by atoms with E-state index in [0.29, 0.717) is 0 Å². The van der Waals surface area contributed by atoms with Gasteiger partial charge in [-0.1, -0.05) is 41.5 Å². The van der Waals surface area contributed by atoms with Gasteiger partial charge < -0.3 is 9.47 Å². The summed E-state index contributed by atoms with van der Waals surface area (Å²) in [6, 6.07) is 0. The van der Waals surface area contributed by atoms with Crippen LogP contribution in [0.25, 0.3) is 0 Å². The first kappa shape index (κ1) is 17.5. The number of azo groups is 1. The molecule has 0 saturated heterocycles. The van der Waals surface area contributed by atoms with Crippen molar-refractivity contribution in [2.24, 2.45) is 21.1 Å². The van der Waals surface area contributed by atoms with Crippen molar-refractivity contribution in [1.82, 2.24) is 0 Å². The van der Waals surface area contributed by atoms with Gasteiger partial charge >= 0.3 is 0 Å². The Morgan fingerprint density at radius 1 is 0.556 bits per heavy atom. The molecule has 0 rings (SSSR count). The summed E-state index contributed by atoms with van der Waals surface area (Å²) in [5, 5.41) is 8.87. The van der Waals surface area contributed by atoms with Crippen LogP contribution in [0.5, 0.6) is 0 Å². The average Bonchev–Trinajstić information content (AvgIpc) is 2.22. The van der Waals surface area contributed by atoms with E-state index < -0.39 is 11.4 Å². The number of hydrogen-bond donors (Lipinski definition) is 0. The maximum atomic E-state index is 5.54. The van der Waals surface area contributed by atoms with Gasteiger partial charge in [0.2, 0.25) is 0 Å². The van der Waals surface area contributed by atoms with Crippen molar-refractivity contribution in [3.05, 3.63) is 0 Å². The highest BCUT2D eigenvalue weighted by molar-refractivity contribution is 4.89. The molecule has 0 aliphatic heterocycles. The van der Waals surface area contributed by atoms with Crippen LogP contribution in [0.2, 0.25) is 0 Å². The number of ether oxygens (including phenoxy) is 2. The summed E-state index contributed by atoms with van der Waals surface area (Å²) in [6.45, 7) is 16.4. The first-order valence-corrected chi connectivity index (χ1v) is 6.37. The van der Waals surface area contributed by atoms with Crippen LogP contribution in [0.4, 0.5) is 0 Å². The Bertz CT molecular complexity index is 272. The lowest BCUT2D eigenvalue weighted by atomic mass is 9.84. The van der Waals surface area contributed by atoms with E-state index in [2.05, 4.69) is 51.8 Å². The van der Waals surface area contributed by atoms with Crippen LogP contribution in [-0.4, -0.2) is 25.7 Å². The SMILES string of the molecule is COC(C)(N=NC(C)(OC)C(C)(C)C)C(C)(C)C. The molecule has 0 fully saturated rings. The summed E-state index contributed by atoms with van der Waals surface area (Å²) in [5.74, 6) is 0. The molecule has 2 unspecified atom stereocenters. The maximum absolute atomic E-state index is 5.54. The molecule has 18 heavy (non-hydrogen) atoms. The third kappa shape index (κ3) is 3.51. The minimum Gasteiger partial charge on any atom is -0.355 e. The van der Waals surface area contributed by atoms with Crippen molar-refractivity contribution in [2.75, 3.05) is 14.2 Å². The van der Waals surface area contributed by atoms with Gasteiger partial charge in [-0.3, -0.25) is 0 Å². The van der Waals surface area contributed by atoms with Gasteiger partial charge in [0.15, 0.2) is 11.4 Å². The molecule has 0 radical (unpaired) electrons. The molecule has 0 aromatic heterocycles. The molecular weight excluding hydrogens is 228 g/mol. The highest BCUT2D eigenvalue weighted by atomic mass is 16.5. The molecule has 4 heteroatoms. The number of rotatable bonds is 4. The molecule has 0 aliphatic rings. The van der Waals surface area contributed by atoms with E-state index in [1.54, 1.807) is 14.2 Å². The van der Waals surface area contributed by atoms with Crippen molar-refractivity contribution in [3.8, 4) is 0 Å². The van der Waals surface area contributed by atoms with E-state index in [1.807, 2.05) is 13.8 Å². The Morgan fingerprint density at radius 2 is 0.778 bits per heavy atom. The quantitative estimate of drug-likeness (QED) is 0.707. The predicted octanol–water partition coefficient (Wildman–Crippen LogP) is 4.26. The lowest BCUT2D eigenvalue weighted by Crippen LogP contribution is -2.43. The van der Waals surface area contributed by atoms with E-state index in [9.17, 15) is 0 Å². The van der Waals surface area contributed by atoms with Crippen molar-refractivity contribution >= 4 is 0 Å². The van der Waals surface area contributed by atoms with Crippen LogP contribution in [-0.2, 0) is 9.47 Å². The van der Waals surface area contributed by atoms with Crippen molar-refractivity contribution in [3.63, 3.8) is 0 Å². The van der Waals surface area contributed by atoms with Crippen molar-refractivity contribution in [2.45, 2.75) is 66.8 Å². The third-order valence-corrected chi connectivity index (χ3v) is 4.01. The van der Waals surface area contributed by atoms with E-state index >= 15 is 0 Å². The van der Waals surface area contributed by atoms with Gasteiger partial charge in [-0.15, -0.1) is 0 Å². The Labute approximate surface area is 112 Å². The highest BCUT2D eigenvalue weighted by Gasteiger charge is 2.42. The summed E-state index contributed by atoms with van der Waals surface area (Å²) < 4.78 is 11.1. The van der Waals surface area contributed by atoms with Gasteiger partial charge in [-0.05, 0) is 13.8 Å². The van der Waals surface area contributed by atoms with Gasteiger partial charge in [0.1, 0.15) is 0 Å². The summed E-state index contributed by atoms with van der Waals surface area (Å²) in [7, 11) is 3.32. The fourth-order valence-electron chi connectivity index (χ4n) is 1.18. The molecule has 0 aromatic rings. The van der Waals surface area contributed by atoms with Crippen molar-refractivity contribution < 1.29 is 9.47 Å². The summed E-state index contributed by atoms with van der Waals surface area (Å²) in [6.07, 6.45) is 0. The topological polar surface area (TPSA) is 43.2 Å². The van der Waals surface area contributed by atoms with E-state index in [4.69, 9.17) is 9.47 Å². The zero-order valence-corrected chi connectivity index (χ0v) is 13.7. The van der Waals surface area contributed by atoms with Crippen LogP contribution in [0.1, 0.15) is 55.4 Å². The first-order chi connectivity index (χ1) is 7.83. The number of hydrogen-bond acceptors (Lipinski definition) is 4. The number of nitrogens with zero attached hydrogens (tertiary/aromatic N) is 2. The lowest BCUT2D eigenvalue weighted by Gasteiger charge is -2.39. The second kappa shape index (κ2) is 5.25. The van der Waals surface area contributed by atoms with Gasteiger partial charge in [0.05, 0.1) is 0 Å². The first-order valence-electron chi connectivity index (χ1n) is 6.37.